The highest BCUT2D eigenvalue weighted by atomic mass is 32.1. The van der Waals surface area contributed by atoms with Crippen molar-refractivity contribution in [3.8, 4) is 0 Å². The van der Waals surface area contributed by atoms with Gasteiger partial charge in [-0.15, -0.1) is 11.3 Å². The third kappa shape index (κ3) is 0.921. The minimum atomic E-state index is 0.481. The highest BCUT2D eigenvalue weighted by Gasteiger charge is 2.07. The standard InChI is InChI=1S/C10H9N3S/c11-5-9-12-6-10-13(9)7-3-1-2-4-8(7)14-10/h1-4,6H,5,11H2. The minimum Gasteiger partial charge on any atom is -0.324 e. The average molecular weight is 203 g/mol. The molecule has 14 heavy (non-hydrogen) atoms. The third-order valence-electron chi connectivity index (χ3n) is 2.31. The zero-order valence-electron chi connectivity index (χ0n) is 7.47. The van der Waals surface area contributed by atoms with Gasteiger partial charge in [-0.25, -0.2) is 4.98 Å². The molecule has 0 amide bonds. The van der Waals surface area contributed by atoms with Crippen molar-refractivity contribution >= 4 is 26.4 Å². The van der Waals surface area contributed by atoms with Crippen LogP contribution in [0.2, 0.25) is 0 Å². The fraction of sp³-hybridized carbons (Fsp3) is 0.100. The molecular formula is C10H9N3S. The Kier molecular flexibility index (Phi) is 1.59. The second kappa shape index (κ2) is 2.80. The van der Waals surface area contributed by atoms with Crippen molar-refractivity contribution in [1.82, 2.24) is 9.38 Å². The van der Waals surface area contributed by atoms with E-state index in [1.165, 1.54) is 10.2 Å². The van der Waals surface area contributed by atoms with Gasteiger partial charge in [0.1, 0.15) is 10.7 Å². The molecule has 0 bridgehead atoms. The van der Waals surface area contributed by atoms with Gasteiger partial charge in [-0.05, 0) is 12.1 Å². The molecule has 0 aliphatic carbocycles. The summed E-state index contributed by atoms with van der Waals surface area (Å²) in [4.78, 5) is 5.43. The van der Waals surface area contributed by atoms with Gasteiger partial charge in [0.15, 0.2) is 0 Å². The van der Waals surface area contributed by atoms with Gasteiger partial charge in [0.05, 0.1) is 23.0 Å². The van der Waals surface area contributed by atoms with Crippen LogP contribution in [0.15, 0.2) is 30.5 Å². The molecule has 2 aromatic heterocycles. The molecule has 0 aliphatic heterocycles. The van der Waals surface area contributed by atoms with Crippen molar-refractivity contribution in [3.63, 3.8) is 0 Å². The molecule has 3 aromatic rings. The van der Waals surface area contributed by atoms with E-state index in [0.29, 0.717) is 6.54 Å². The van der Waals surface area contributed by atoms with Crippen LogP contribution in [-0.4, -0.2) is 9.38 Å². The molecule has 2 heterocycles. The summed E-state index contributed by atoms with van der Waals surface area (Å²) in [6.07, 6.45) is 1.88. The lowest BCUT2D eigenvalue weighted by atomic mass is 10.3. The number of rotatable bonds is 1. The first kappa shape index (κ1) is 7.96. The Morgan fingerprint density at radius 3 is 3.07 bits per heavy atom. The number of nitrogens with zero attached hydrogens (tertiary/aromatic N) is 2. The number of nitrogens with two attached hydrogens (primary N) is 1. The SMILES string of the molecule is NCc1ncc2sc3ccccc3n12. The van der Waals surface area contributed by atoms with Crippen molar-refractivity contribution < 1.29 is 0 Å². The van der Waals surface area contributed by atoms with E-state index in [-0.39, 0.29) is 0 Å². The van der Waals surface area contributed by atoms with Crippen molar-refractivity contribution in [3.05, 3.63) is 36.3 Å². The molecule has 0 radical (unpaired) electrons. The lowest BCUT2D eigenvalue weighted by Crippen LogP contribution is -2.01. The topological polar surface area (TPSA) is 43.3 Å². The molecule has 0 unspecified atom stereocenters. The molecular weight excluding hydrogens is 194 g/mol. The Morgan fingerprint density at radius 1 is 1.36 bits per heavy atom. The maximum Gasteiger partial charge on any atom is 0.128 e. The van der Waals surface area contributed by atoms with Gasteiger partial charge in [0.2, 0.25) is 0 Å². The first-order chi connectivity index (χ1) is 6.90. The number of fused-ring (bicyclic) bond motifs is 3. The molecule has 0 saturated carbocycles. The van der Waals surface area contributed by atoms with Gasteiger partial charge < -0.3 is 5.73 Å². The average Bonchev–Trinajstić information content (AvgIpc) is 2.75. The zero-order valence-corrected chi connectivity index (χ0v) is 8.29. The lowest BCUT2D eigenvalue weighted by molar-refractivity contribution is 0.922. The lowest BCUT2D eigenvalue weighted by Gasteiger charge is -1.94. The molecule has 2 N–H and O–H groups in total. The van der Waals surface area contributed by atoms with Crippen LogP contribution in [0.4, 0.5) is 0 Å². The minimum absolute atomic E-state index is 0.481. The first-order valence-corrected chi connectivity index (χ1v) is 5.26. The maximum atomic E-state index is 5.63. The molecule has 0 aliphatic rings. The monoisotopic (exact) mass is 203 g/mol. The van der Waals surface area contributed by atoms with E-state index in [4.69, 9.17) is 5.73 Å². The number of hydrogen-bond acceptors (Lipinski definition) is 3. The van der Waals surface area contributed by atoms with Gasteiger partial charge in [-0.2, -0.15) is 0 Å². The predicted molar refractivity (Wildman–Crippen MR) is 58.5 cm³/mol. The largest absolute Gasteiger partial charge is 0.324 e. The Hall–Kier alpha value is -1.39. The second-order valence-electron chi connectivity index (χ2n) is 3.12. The maximum absolute atomic E-state index is 5.63. The summed E-state index contributed by atoms with van der Waals surface area (Å²) in [7, 11) is 0. The molecule has 0 atom stereocenters. The van der Waals surface area contributed by atoms with Gasteiger partial charge in [0, 0.05) is 0 Å². The molecule has 1 aromatic carbocycles. The normalized spacial score (nSPS) is 11.5. The van der Waals surface area contributed by atoms with E-state index in [0.717, 1.165) is 10.7 Å². The molecule has 0 saturated heterocycles. The van der Waals surface area contributed by atoms with E-state index < -0.39 is 0 Å². The van der Waals surface area contributed by atoms with Gasteiger partial charge in [-0.3, -0.25) is 4.40 Å². The number of para-hydroxylation sites is 1. The number of thiazole rings is 1. The predicted octanol–water partition coefficient (Wildman–Crippen LogP) is 2.01. The van der Waals surface area contributed by atoms with Crippen molar-refractivity contribution in [2.75, 3.05) is 0 Å². The van der Waals surface area contributed by atoms with Gasteiger partial charge in [-0.1, -0.05) is 12.1 Å². The highest BCUT2D eigenvalue weighted by Crippen LogP contribution is 2.26. The first-order valence-electron chi connectivity index (χ1n) is 4.44. The summed E-state index contributed by atoms with van der Waals surface area (Å²) < 4.78 is 3.40. The van der Waals surface area contributed by atoms with E-state index in [1.807, 2.05) is 18.3 Å². The molecule has 0 fully saturated rings. The van der Waals surface area contributed by atoms with Crippen LogP contribution in [0.3, 0.4) is 0 Å². The van der Waals surface area contributed by atoms with E-state index in [1.54, 1.807) is 11.3 Å². The third-order valence-corrected chi connectivity index (χ3v) is 3.37. The molecule has 0 spiro atoms. The smallest absolute Gasteiger partial charge is 0.128 e. The second-order valence-corrected chi connectivity index (χ2v) is 4.18. The van der Waals surface area contributed by atoms with Crippen LogP contribution < -0.4 is 5.73 Å². The van der Waals surface area contributed by atoms with Gasteiger partial charge >= 0.3 is 0 Å². The quantitative estimate of drug-likeness (QED) is 0.657. The number of benzene rings is 1. The Bertz CT molecular complexity index is 593. The summed E-state index contributed by atoms with van der Waals surface area (Å²) in [5.74, 6) is 0.928. The Balaban J connectivity index is 2.54. The molecule has 3 rings (SSSR count). The summed E-state index contributed by atoms with van der Waals surface area (Å²) in [6.45, 7) is 0.481. The Morgan fingerprint density at radius 2 is 2.21 bits per heavy atom. The number of hydrogen-bond donors (Lipinski definition) is 1. The zero-order chi connectivity index (χ0) is 9.54. The van der Waals surface area contributed by atoms with E-state index >= 15 is 0 Å². The van der Waals surface area contributed by atoms with Crippen molar-refractivity contribution in [1.29, 1.82) is 0 Å². The summed E-state index contributed by atoms with van der Waals surface area (Å²) >= 11 is 1.74. The van der Waals surface area contributed by atoms with Crippen LogP contribution in [0.1, 0.15) is 5.82 Å². The van der Waals surface area contributed by atoms with Crippen molar-refractivity contribution in [2.24, 2.45) is 5.73 Å². The molecule has 70 valence electrons. The van der Waals surface area contributed by atoms with Crippen LogP contribution in [0, 0.1) is 0 Å². The molecule has 3 nitrogen and oxygen atoms in total. The highest BCUT2D eigenvalue weighted by molar-refractivity contribution is 7.23. The van der Waals surface area contributed by atoms with Crippen molar-refractivity contribution in [2.45, 2.75) is 6.54 Å². The van der Waals surface area contributed by atoms with E-state index in [2.05, 4.69) is 21.5 Å². The fourth-order valence-corrected chi connectivity index (χ4v) is 2.72. The van der Waals surface area contributed by atoms with Crippen LogP contribution in [0.25, 0.3) is 15.0 Å². The number of imidazole rings is 1. The van der Waals surface area contributed by atoms with Crippen LogP contribution in [-0.2, 0) is 6.54 Å². The summed E-state index contributed by atoms with van der Waals surface area (Å²) in [5.41, 5.74) is 6.83. The molecule has 4 heteroatoms. The van der Waals surface area contributed by atoms with Gasteiger partial charge in [0.25, 0.3) is 0 Å². The summed E-state index contributed by atoms with van der Waals surface area (Å²) in [5, 5.41) is 0. The fourth-order valence-electron chi connectivity index (χ4n) is 1.69. The van der Waals surface area contributed by atoms with Crippen LogP contribution >= 0.6 is 11.3 Å². The van der Waals surface area contributed by atoms with Crippen LogP contribution in [0.5, 0.6) is 0 Å². The Labute approximate surface area is 84.8 Å². The van der Waals surface area contributed by atoms with E-state index in [9.17, 15) is 0 Å². The number of aromatic nitrogens is 2. The summed E-state index contributed by atoms with van der Waals surface area (Å²) in [6, 6.07) is 8.30.